The Labute approximate surface area is 232 Å². The lowest BCUT2D eigenvalue weighted by Crippen LogP contribution is -2.13. The summed E-state index contributed by atoms with van der Waals surface area (Å²) < 4.78 is 13.6. The minimum absolute atomic E-state index is 0.0407. The number of ketones is 2. The van der Waals surface area contributed by atoms with Crippen LogP contribution in [0.4, 0.5) is 0 Å². The van der Waals surface area contributed by atoms with Gasteiger partial charge in [0.2, 0.25) is 0 Å². The number of aryl methyl sites for hydroxylation is 1. The number of carbonyl (C=O) groups is 4. The highest BCUT2D eigenvalue weighted by Crippen LogP contribution is 2.33. The molecule has 0 saturated carbocycles. The summed E-state index contributed by atoms with van der Waals surface area (Å²) in [6, 6.07) is 12.9. The van der Waals surface area contributed by atoms with E-state index in [9.17, 15) is 19.2 Å². The third-order valence-electron chi connectivity index (χ3n) is 6.29. The van der Waals surface area contributed by atoms with E-state index in [1.165, 1.54) is 36.5 Å². The molecule has 0 amide bonds. The van der Waals surface area contributed by atoms with Gasteiger partial charge in [0, 0.05) is 22.2 Å². The zero-order valence-electron chi connectivity index (χ0n) is 21.7. The average Bonchev–Trinajstić information content (AvgIpc) is 3.50. The van der Waals surface area contributed by atoms with Crippen LogP contribution in [0, 0.1) is 18.8 Å². The van der Waals surface area contributed by atoms with Gasteiger partial charge in [-0.15, -0.1) is 22.7 Å². The molecule has 2 atom stereocenters. The van der Waals surface area contributed by atoms with Gasteiger partial charge in [-0.3, -0.25) is 19.2 Å². The van der Waals surface area contributed by atoms with Gasteiger partial charge in [-0.1, -0.05) is 13.8 Å². The largest absolute Gasteiger partial charge is 0.490 e. The summed E-state index contributed by atoms with van der Waals surface area (Å²) in [4.78, 5) is 48.1. The SMILES string of the molecule is Cc1cc2sc(C(=O)CC(C)C(=O)O)cc2cc1OCCOc1ccc2sc(C(=O)CC(C)C(=O)O)cc2c1. The minimum Gasteiger partial charge on any atom is -0.490 e. The number of carbonyl (C=O) groups excluding carboxylic acids is 2. The second-order valence-electron chi connectivity index (χ2n) is 9.51. The molecule has 0 spiro atoms. The molecule has 2 aromatic heterocycles. The number of aliphatic carboxylic acids is 2. The Balaban J connectivity index is 1.35. The fourth-order valence-electron chi connectivity index (χ4n) is 3.95. The Bertz CT molecular complexity index is 1560. The highest BCUT2D eigenvalue weighted by atomic mass is 32.1. The van der Waals surface area contributed by atoms with E-state index in [1.54, 1.807) is 12.1 Å². The van der Waals surface area contributed by atoms with E-state index < -0.39 is 23.8 Å². The molecule has 8 nitrogen and oxygen atoms in total. The first-order valence-corrected chi connectivity index (χ1v) is 14.0. The highest BCUT2D eigenvalue weighted by Gasteiger charge is 2.20. The van der Waals surface area contributed by atoms with Crippen molar-refractivity contribution in [3.8, 4) is 11.5 Å². The first kappa shape index (κ1) is 28.3. The van der Waals surface area contributed by atoms with E-state index in [0.717, 1.165) is 25.7 Å². The average molecular weight is 569 g/mol. The smallest absolute Gasteiger partial charge is 0.306 e. The van der Waals surface area contributed by atoms with Crippen molar-refractivity contribution in [1.29, 1.82) is 0 Å². The summed E-state index contributed by atoms with van der Waals surface area (Å²) in [5, 5.41) is 19.8. The number of hydrogen-bond donors (Lipinski definition) is 2. The second kappa shape index (κ2) is 12.0. The summed E-state index contributed by atoms with van der Waals surface area (Å²) in [7, 11) is 0. The number of hydrogen-bond acceptors (Lipinski definition) is 8. The van der Waals surface area contributed by atoms with Crippen LogP contribution >= 0.6 is 22.7 Å². The summed E-state index contributed by atoms with van der Waals surface area (Å²) in [6.45, 7) is 5.54. The topological polar surface area (TPSA) is 127 Å². The van der Waals surface area contributed by atoms with Gasteiger partial charge in [0.15, 0.2) is 11.6 Å². The quantitative estimate of drug-likeness (QED) is 0.139. The molecule has 0 saturated heterocycles. The standard InChI is InChI=1S/C29H28O8S2/c1-15-10-25-19(14-27(39-25)22(31)9-17(3)29(34)35)12-23(15)37-7-6-36-20-4-5-24-18(11-20)13-26(38-24)21(30)8-16(2)28(32)33/h4-5,10-14,16-17H,6-9H2,1-3H3,(H,32,33)(H,34,35). The number of benzene rings is 2. The van der Waals surface area contributed by atoms with Gasteiger partial charge in [-0.05, 0) is 65.7 Å². The Hall–Kier alpha value is -3.76. The van der Waals surface area contributed by atoms with Crippen LogP contribution in [-0.2, 0) is 9.59 Å². The van der Waals surface area contributed by atoms with Gasteiger partial charge in [0.05, 0.1) is 21.6 Å². The van der Waals surface area contributed by atoms with Gasteiger partial charge in [-0.2, -0.15) is 0 Å². The molecule has 204 valence electrons. The van der Waals surface area contributed by atoms with E-state index in [2.05, 4.69) is 0 Å². The predicted octanol–water partition coefficient (Wildman–Crippen LogP) is 6.47. The number of thiophene rings is 2. The molecule has 2 heterocycles. The van der Waals surface area contributed by atoms with Gasteiger partial charge in [0.1, 0.15) is 24.7 Å². The van der Waals surface area contributed by atoms with E-state index in [1.807, 2.05) is 37.3 Å². The molecule has 10 heteroatoms. The molecule has 0 bridgehead atoms. The number of Topliss-reactive ketones (excluding diaryl/α,β-unsaturated/α-hetero) is 2. The van der Waals surface area contributed by atoms with Crippen LogP contribution < -0.4 is 9.47 Å². The van der Waals surface area contributed by atoms with Crippen molar-refractivity contribution in [3.63, 3.8) is 0 Å². The Morgan fingerprint density at radius 2 is 1.28 bits per heavy atom. The number of ether oxygens (including phenoxy) is 2. The van der Waals surface area contributed by atoms with Crippen molar-refractivity contribution >= 4 is 66.4 Å². The molecule has 0 aliphatic carbocycles. The third kappa shape index (κ3) is 6.82. The highest BCUT2D eigenvalue weighted by molar-refractivity contribution is 7.21. The molecule has 39 heavy (non-hydrogen) atoms. The van der Waals surface area contributed by atoms with Gasteiger partial charge in [-0.25, -0.2) is 0 Å². The van der Waals surface area contributed by atoms with Crippen LogP contribution in [0.2, 0.25) is 0 Å². The Morgan fingerprint density at radius 1 is 0.744 bits per heavy atom. The normalized spacial score (nSPS) is 12.8. The second-order valence-corrected chi connectivity index (χ2v) is 11.7. The van der Waals surface area contributed by atoms with Crippen LogP contribution in [0.5, 0.6) is 11.5 Å². The summed E-state index contributed by atoms with van der Waals surface area (Å²) >= 11 is 2.68. The van der Waals surface area contributed by atoms with Crippen molar-refractivity contribution in [2.75, 3.05) is 13.2 Å². The predicted molar refractivity (Wildman–Crippen MR) is 151 cm³/mol. The monoisotopic (exact) mass is 568 g/mol. The lowest BCUT2D eigenvalue weighted by atomic mass is 10.0. The lowest BCUT2D eigenvalue weighted by Gasteiger charge is -2.11. The molecule has 0 fully saturated rings. The number of fused-ring (bicyclic) bond motifs is 2. The molecule has 0 aliphatic rings. The van der Waals surface area contributed by atoms with E-state index in [-0.39, 0.29) is 37.6 Å². The van der Waals surface area contributed by atoms with Crippen molar-refractivity contribution < 1.29 is 38.9 Å². The number of carboxylic acid groups (broad SMARTS) is 2. The van der Waals surface area contributed by atoms with Crippen LogP contribution in [0.1, 0.15) is 51.6 Å². The minimum atomic E-state index is -0.990. The van der Waals surface area contributed by atoms with Gasteiger partial charge < -0.3 is 19.7 Å². The van der Waals surface area contributed by atoms with E-state index >= 15 is 0 Å². The fraction of sp³-hybridized carbons (Fsp3) is 0.310. The van der Waals surface area contributed by atoms with E-state index in [4.69, 9.17) is 19.7 Å². The molecular weight excluding hydrogens is 540 g/mol. The van der Waals surface area contributed by atoms with Gasteiger partial charge >= 0.3 is 11.9 Å². The van der Waals surface area contributed by atoms with Crippen molar-refractivity contribution in [3.05, 3.63) is 57.8 Å². The third-order valence-corrected chi connectivity index (χ3v) is 8.58. The van der Waals surface area contributed by atoms with Crippen LogP contribution in [-0.4, -0.2) is 46.9 Å². The van der Waals surface area contributed by atoms with Crippen LogP contribution in [0.15, 0.2) is 42.5 Å². The Morgan fingerprint density at radius 3 is 1.87 bits per heavy atom. The zero-order valence-corrected chi connectivity index (χ0v) is 23.3. The van der Waals surface area contributed by atoms with Crippen molar-refractivity contribution in [2.24, 2.45) is 11.8 Å². The molecule has 2 aromatic carbocycles. The molecular formula is C29H28O8S2. The molecule has 2 N–H and O–H groups in total. The van der Waals surface area contributed by atoms with Gasteiger partial charge in [0.25, 0.3) is 0 Å². The summed E-state index contributed by atoms with van der Waals surface area (Å²) in [5.41, 5.74) is 0.913. The Kier molecular flexibility index (Phi) is 8.66. The van der Waals surface area contributed by atoms with Crippen LogP contribution in [0.25, 0.3) is 20.2 Å². The fourth-order valence-corrected chi connectivity index (χ4v) is 6.04. The zero-order chi connectivity index (χ0) is 28.3. The van der Waals surface area contributed by atoms with E-state index in [0.29, 0.717) is 21.3 Å². The molecule has 4 aromatic rings. The summed E-state index contributed by atoms with van der Waals surface area (Å²) in [6.07, 6.45) is -0.0818. The molecule has 2 unspecified atom stereocenters. The first-order chi connectivity index (χ1) is 18.5. The molecule has 4 rings (SSSR count). The first-order valence-electron chi connectivity index (χ1n) is 12.4. The maximum absolute atomic E-state index is 12.5. The lowest BCUT2D eigenvalue weighted by molar-refractivity contribution is -0.141. The maximum atomic E-state index is 12.5. The molecule has 0 aliphatic heterocycles. The number of carboxylic acids is 2. The number of rotatable bonds is 13. The maximum Gasteiger partial charge on any atom is 0.306 e. The summed E-state index contributed by atoms with van der Waals surface area (Å²) in [5.74, 6) is -2.52. The van der Waals surface area contributed by atoms with Crippen LogP contribution in [0.3, 0.4) is 0 Å². The van der Waals surface area contributed by atoms with Crippen molar-refractivity contribution in [1.82, 2.24) is 0 Å². The van der Waals surface area contributed by atoms with Crippen molar-refractivity contribution in [2.45, 2.75) is 33.6 Å². The molecule has 0 radical (unpaired) electrons.